The first-order valence-corrected chi connectivity index (χ1v) is 9.44. The number of benzene rings is 1. The highest BCUT2D eigenvalue weighted by Crippen LogP contribution is 2.43. The number of hydrogen-bond donors (Lipinski definition) is 2. The standard InChI is InChI=1S/C19H22N6O4/c1-9-5-4-6-10(7-9)16-21-15(20)12-17(22-16)25(24-23-12)18-14-13(11(8-26)27-18)28-19(2,3)29-14/h4-7,11,13-14,18,26H,8H2,1-3H3,(H2,20,21,22)/t11-,13-,14-,18-/m1/s1. The van der Waals surface area contributed by atoms with Crippen LogP contribution in [0.1, 0.15) is 25.6 Å². The van der Waals surface area contributed by atoms with Gasteiger partial charge in [-0.25, -0.2) is 9.97 Å². The molecule has 2 fully saturated rings. The van der Waals surface area contributed by atoms with E-state index in [4.69, 9.17) is 19.9 Å². The zero-order valence-electron chi connectivity index (χ0n) is 16.3. The minimum absolute atomic E-state index is 0.199. The summed E-state index contributed by atoms with van der Waals surface area (Å²) in [5.41, 5.74) is 8.89. The average molecular weight is 398 g/mol. The number of anilines is 1. The Labute approximate surface area is 166 Å². The topological polar surface area (TPSA) is 130 Å². The third kappa shape index (κ3) is 2.96. The van der Waals surface area contributed by atoms with Crippen LogP contribution in [-0.2, 0) is 14.2 Å². The van der Waals surface area contributed by atoms with Gasteiger partial charge in [0, 0.05) is 5.56 Å². The van der Waals surface area contributed by atoms with E-state index in [0.717, 1.165) is 11.1 Å². The fourth-order valence-corrected chi connectivity index (χ4v) is 3.94. The average Bonchev–Trinajstić information content (AvgIpc) is 3.32. The van der Waals surface area contributed by atoms with Gasteiger partial charge in [0.25, 0.3) is 0 Å². The monoisotopic (exact) mass is 398 g/mol. The molecule has 5 rings (SSSR count). The number of nitrogens with two attached hydrogens (primary N) is 1. The molecule has 10 nitrogen and oxygen atoms in total. The number of aryl methyl sites for hydroxylation is 1. The number of rotatable bonds is 3. The van der Waals surface area contributed by atoms with Crippen molar-refractivity contribution in [1.29, 1.82) is 0 Å². The maximum atomic E-state index is 9.72. The maximum Gasteiger partial charge on any atom is 0.187 e. The first-order valence-electron chi connectivity index (χ1n) is 9.44. The van der Waals surface area contributed by atoms with Gasteiger partial charge in [-0.05, 0) is 26.8 Å². The Kier molecular flexibility index (Phi) is 4.07. The summed E-state index contributed by atoms with van der Waals surface area (Å²) in [5.74, 6) is -0.0867. The number of fused-ring (bicyclic) bond motifs is 2. The minimum Gasteiger partial charge on any atom is -0.394 e. The zero-order chi connectivity index (χ0) is 20.3. The summed E-state index contributed by atoms with van der Waals surface area (Å²) < 4.78 is 19.5. The Bertz CT molecular complexity index is 1080. The number of nitrogen functional groups attached to an aromatic ring is 1. The highest BCUT2D eigenvalue weighted by molar-refractivity contribution is 5.83. The van der Waals surface area contributed by atoms with Gasteiger partial charge in [0.1, 0.15) is 18.3 Å². The Morgan fingerprint density at radius 2 is 2.00 bits per heavy atom. The van der Waals surface area contributed by atoms with Crippen molar-refractivity contribution >= 4 is 17.0 Å². The number of nitrogens with zero attached hydrogens (tertiary/aromatic N) is 5. The Morgan fingerprint density at radius 3 is 2.76 bits per heavy atom. The lowest BCUT2D eigenvalue weighted by atomic mass is 10.1. The van der Waals surface area contributed by atoms with Crippen LogP contribution >= 0.6 is 0 Å². The smallest absolute Gasteiger partial charge is 0.187 e. The second kappa shape index (κ2) is 6.42. The molecule has 2 aliphatic heterocycles. The second-order valence-corrected chi connectivity index (χ2v) is 7.82. The molecule has 152 valence electrons. The lowest BCUT2D eigenvalue weighted by Crippen LogP contribution is -2.31. The summed E-state index contributed by atoms with van der Waals surface area (Å²) in [6, 6.07) is 7.83. The maximum absolute atomic E-state index is 9.72. The van der Waals surface area contributed by atoms with Gasteiger partial charge in [0.05, 0.1) is 6.61 Å². The van der Waals surface area contributed by atoms with Gasteiger partial charge >= 0.3 is 0 Å². The highest BCUT2D eigenvalue weighted by atomic mass is 16.8. The first kappa shape index (κ1) is 18.4. The van der Waals surface area contributed by atoms with Gasteiger partial charge in [0.15, 0.2) is 34.8 Å². The molecule has 4 heterocycles. The molecular weight excluding hydrogens is 376 g/mol. The van der Waals surface area contributed by atoms with Crippen molar-refractivity contribution in [2.24, 2.45) is 0 Å². The van der Waals surface area contributed by atoms with Gasteiger partial charge in [-0.2, -0.15) is 4.68 Å². The van der Waals surface area contributed by atoms with Crippen LogP contribution in [0.2, 0.25) is 0 Å². The van der Waals surface area contributed by atoms with Crippen LogP contribution in [0.4, 0.5) is 5.82 Å². The Balaban J connectivity index is 1.61. The van der Waals surface area contributed by atoms with Crippen molar-refractivity contribution in [3.63, 3.8) is 0 Å². The molecule has 1 aromatic carbocycles. The molecule has 0 aliphatic carbocycles. The largest absolute Gasteiger partial charge is 0.394 e. The SMILES string of the molecule is Cc1cccc(-c2nc(N)c3nnn([C@@H]4O[C@H](CO)[C@H]5OC(C)(C)O[C@H]54)c3n2)c1. The highest BCUT2D eigenvalue weighted by Gasteiger charge is 2.56. The zero-order valence-corrected chi connectivity index (χ0v) is 16.3. The van der Waals surface area contributed by atoms with Crippen LogP contribution in [0, 0.1) is 6.92 Å². The first-order chi connectivity index (χ1) is 13.9. The number of aromatic nitrogens is 5. The van der Waals surface area contributed by atoms with Crippen molar-refractivity contribution in [2.75, 3.05) is 12.3 Å². The molecule has 3 aromatic rings. The number of ether oxygens (including phenoxy) is 3. The molecule has 2 aromatic heterocycles. The fraction of sp³-hybridized carbons (Fsp3) is 0.474. The molecule has 0 radical (unpaired) electrons. The summed E-state index contributed by atoms with van der Waals surface area (Å²) in [7, 11) is 0. The van der Waals surface area contributed by atoms with Crippen LogP contribution in [0.15, 0.2) is 24.3 Å². The van der Waals surface area contributed by atoms with E-state index in [9.17, 15) is 5.11 Å². The minimum atomic E-state index is -0.790. The summed E-state index contributed by atoms with van der Waals surface area (Å²) in [6.45, 7) is 5.45. The van der Waals surface area contributed by atoms with Crippen LogP contribution in [0.5, 0.6) is 0 Å². The van der Waals surface area contributed by atoms with Crippen LogP contribution in [-0.4, -0.2) is 60.8 Å². The van der Waals surface area contributed by atoms with E-state index in [2.05, 4.69) is 20.3 Å². The molecule has 10 heteroatoms. The van der Waals surface area contributed by atoms with E-state index >= 15 is 0 Å². The van der Waals surface area contributed by atoms with Crippen molar-refractivity contribution in [1.82, 2.24) is 25.0 Å². The normalized spacial score (nSPS) is 28.1. The molecule has 0 unspecified atom stereocenters. The molecule has 4 atom stereocenters. The van der Waals surface area contributed by atoms with Gasteiger partial charge in [0.2, 0.25) is 0 Å². The summed E-state index contributed by atoms with van der Waals surface area (Å²) in [5, 5.41) is 18.1. The van der Waals surface area contributed by atoms with Crippen molar-refractivity contribution in [3.8, 4) is 11.4 Å². The summed E-state index contributed by atoms with van der Waals surface area (Å²) >= 11 is 0. The molecule has 0 bridgehead atoms. The fourth-order valence-electron chi connectivity index (χ4n) is 3.94. The molecule has 0 spiro atoms. The molecule has 0 amide bonds. The lowest BCUT2D eigenvalue weighted by Gasteiger charge is -2.23. The van der Waals surface area contributed by atoms with E-state index in [1.165, 1.54) is 4.68 Å². The van der Waals surface area contributed by atoms with Crippen LogP contribution < -0.4 is 5.73 Å². The predicted octanol–water partition coefficient (Wildman–Crippen LogP) is 1.19. The number of aliphatic hydroxyl groups is 1. The van der Waals surface area contributed by atoms with E-state index in [1.54, 1.807) is 0 Å². The Hall–Kier alpha value is -2.66. The lowest BCUT2D eigenvalue weighted by molar-refractivity contribution is -0.201. The van der Waals surface area contributed by atoms with Gasteiger partial charge in [-0.3, -0.25) is 0 Å². The molecular formula is C19H22N6O4. The number of hydrogen-bond acceptors (Lipinski definition) is 9. The molecule has 0 saturated carbocycles. The molecule has 29 heavy (non-hydrogen) atoms. The van der Waals surface area contributed by atoms with Crippen molar-refractivity contribution < 1.29 is 19.3 Å². The molecule has 2 saturated heterocycles. The summed E-state index contributed by atoms with van der Waals surface area (Å²) in [6.07, 6.45) is -2.09. The van der Waals surface area contributed by atoms with E-state index in [-0.39, 0.29) is 12.4 Å². The summed E-state index contributed by atoms with van der Waals surface area (Å²) in [4.78, 5) is 9.05. The van der Waals surface area contributed by atoms with E-state index < -0.39 is 30.3 Å². The quantitative estimate of drug-likeness (QED) is 0.668. The number of aliphatic hydroxyl groups excluding tert-OH is 1. The van der Waals surface area contributed by atoms with Crippen molar-refractivity contribution in [3.05, 3.63) is 29.8 Å². The molecule has 2 aliphatic rings. The van der Waals surface area contributed by atoms with Crippen molar-refractivity contribution in [2.45, 2.75) is 51.1 Å². The third-order valence-electron chi connectivity index (χ3n) is 5.17. The van der Waals surface area contributed by atoms with E-state index in [0.29, 0.717) is 17.0 Å². The second-order valence-electron chi connectivity index (χ2n) is 7.82. The van der Waals surface area contributed by atoms with Gasteiger partial charge in [-0.15, -0.1) is 5.10 Å². The predicted molar refractivity (Wildman–Crippen MR) is 103 cm³/mol. The van der Waals surface area contributed by atoms with Gasteiger partial charge < -0.3 is 25.1 Å². The molecule has 3 N–H and O–H groups in total. The third-order valence-corrected chi connectivity index (χ3v) is 5.17. The Morgan fingerprint density at radius 1 is 1.21 bits per heavy atom. The van der Waals surface area contributed by atoms with Crippen LogP contribution in [0.3, 0.4) is 0 Å². The van der Waals surface area contributed by atoms with Crippen LogP contribution in [0.25, 0.3) is 22.6 Å². The van der Waals surface area contributed by atoms with E-state index in [1.807, 2.05) is 45.0 Å². The van der Waals surface area contributed by atoms with Gasteiger partial charge in [-0.1, -0.05) is 29.0 Å².